The summed E-state index contributed by atoms with van der Waals surface area (Å²) in [6, 6.07) is 8.80. The zero-order chi connectivity index (χ0) is 14.4. The Kier molecular flexibility index (Phi) is 5.18. The molecule has 0 spiro atoms. The predicted octanol–water partition coefficient (Wildman–Crippen LogP) is 3.55. The molecule has 0 aliphatic carbocycles. The Morgan fingerprint density at radius 3 is 2.70 bits per heavy atom. The van der Waals surface area contributed by atoms with E-state index in [1.54, 1.807) is 18.4 Å². The Balaban J connectivity index is 2.15. The molecule has 0 aliphatic rings. The van der Waals surface area contributed by atoms with E-state index in [1.807, 2.05) is 24.0 Å². The Bertz CT molecular complexity index is 539. The molecule has 0 radical (unpaired) electrons. The summed E-state index contributed by atoms with van der Waals surface area (Å²) < 4.78 is 19.4. The molecular formula is C16H21FN2O. The summed E-state index contributed by atoms with van der Waals surface area (Å²) in [4.78, 5) is 1.98. The van der Waals surface area contributed by atoms with Crippen LogP contribution in [0.5, 0.6) is 0 Å². The van der Waals surface area contributed by atoms with Crippen molar-refractivity contribution in [2.45, 2.75) is 26.9 Å². The molecule has 3 nitrogen and oxygen atoms in total. The normalized spacial score (nSPS) is 10.8. The number of anilines is 1. The third-order valence-corrected chi connectivity index (χ3v) is 3.31. The van der Waals surface area contributed by atoms with E-state index in [-0.39, 0.29) is 5.82 Å². The Morgan fingerprint density at radius 2 is 2.00 bits per heavy atom. The number of rotatable bonds is 7. The molecule has 2 rings (SSSR count). The maximum absolute atomic E-state index is 13.9. The molecule has 108 valence electrons. The van der Waals surface area contributed by atoms with Crippen LogP contribution in [-0.4, -0.2) is 13.1 Å². The molecule has 0 aliphatic heterocycles. The first-order valence-corrected chi connectivity index (χ1v) is 7.01. The largest absolute Gasteiger partial charge is 0.467 e. The average molecular weight is 276 g/mol. The number of para-hydroxylation sites is 1. The summed E-state index contributed by atoms with van der Waals surface area (Å²) in [6.45, 7) is 7.07. The lowest BCUT2D eigenvalue weighted by molar-refractivity contribution is 0.494. The second-order valence-electron chi connectivity index (χ2n) is 4.61. The first-order chi connectivity index (χ1) is 9.76. The van der Waals surface area contributed by atoms with Crippen molar-refractivity contribution in [2.24, 2.45) is 0 Å². The van der Waals surface area contributed by atoms with Gasteiger partial charge in [0.2, 0.25) is 0 Å². The average Bonchev–Trinajstić information content (AvgIpc) is 2.90. The minimum Gasteiger partial charge on any atom is -0.467 e. The molecule has 1 aromatic carbocycles. The first kappa shape index (κ1) is 14.6. The predicted molar refractivity (Wildman–Crippen MR) is 79.2 cm³/mol. The minimum atomic E-state index is -0.200. The molecule has 0 atom stereocenters. The highest BCUT2D eigenvalue weighted by Crippen LogP contribution is 2.22. The molecule has 4 heteroatoms. The van der Waals surface area contributed by atoms with Gasteiger partial charge in [0, 0.05) is 18.7 Å². The van der Waals surface area contributed by atoms with E-state index in [1.165, 1.54) is 6.07 Å². The molecule has 20 heavy (non-hydrogen) atoms. The lowest BCUT2D eigenvalue weighted by Crippen LogP contribution is -2.24. The van der Waals surface area contributed by atoms with E-state index < -0.39 is 0 Å². The zero-order valence-electron chi connectivity index (χ0n) is 12.0. The lowest BCUT2D eigenvalue weighted by atomic mass is 10.2. The van der Waals surface area contributed by atoms with E-state index in [2.05, 4.69) is 12.2 Å². The summed E-state index contributed by atoms with van der Waals surface area (Å²) in [7, 11) is 0. The Labute approximate surface area is 119 Å². The van der Waals surface area contributed by atoms with Crippen LogP contribution in [0.1, 0.15) is 25.2 Å². The number of furan rings is 1. The van der Waals surface area contributed by atoms with Crippen molar-refractivity contribution in [1.82, 2.24) is 5.32 Å². The van der Waals surface area contributed by atoms with Gasteiger partial charge in [0.25, 0.3) is 0 Å². The van der Waals surface area contributed by atoms with Gasteiger partial charge in [-0.3, -0.25) is 0 Å². The second kappa shape index (κ2) is 7.10. The lowest BCUT2D eigenvalue weighted by Gasteiger charge is -2.23. The van der Waals surface area contributed by atoms with Crippen molar-refractivity contribution in [3.63, 3.8) is 0 Å². The van der Waals surface area contributed by atoms with Gasteiger partial charge >= 0.3 is 0 Å². The summed E-state index contributed by atoms with van der Waals surface area (Å²) in [5.74, 6) is 0.685. The molecule has 0 fully saturated rings. The fourth-order valence-corrected chi connectivity index (χ4v) is 2.17. The smallest absolute Gasteiger partial charge is 0.146 e. The van der Waals surface area contributed by atoms with Crippen molar-refractivity contribution in [2.75, 3.05) is 18.0 Å². The van der Waals surface area contributed by atoms with Gasteiger partial charge in [-0.15, -0.1) is 0 Å². The van der Waals surface area contributed by atoms with Crippen LogP contribution in [0.3, 0.4) is 0 Å². The van der Waals surface area contributed by atoms with Crippen molar-refractivity contribution in [3.8, 4) is 0 Å². The third-order valence-electron chi connectivity index (χ3n) is 3.31. The van der Waals surface area contributed by atoms with Gasteiger partial charge in [-0.05, 0) is 31.7 Å². The number of nitrogens with zero attached hydrogens (tertiary/aromatic N) is 1. The van der Waals surface area contributed by atoms with E-state index in [9.17, 15) is 4.39 Å². The van der Waals surface area contributed by atoms with Crippen LogP contribution in [-0.2, 0) is 13.1 Å². The van der Waals surface area contributed by atoms with Gasteiger partial charge in [0.05, 0.1) is 18.5 Å². The molecule has 0 amide bonds. The van der Waals surface area contributed by atoms with E-state index in [4.69, 9.17) is 4.42 Å². The van der Waals surface area contributed by atoms with Gasteiger partial charge in [0.1, 0.15) is 11.6 Å². The van der Waals surface area contributed by atoms with Gasteiger partial charge in [-0.1, -0.05) is 19.1 Å². The number of hydrogen-bond acceptors (Lipinski definition) is 3. The van der Waals surface area contributed by atoms with E-state index in [0.717, 1.165) is 31.0 Å². The molecule has 0 bridgehead atoms. The van der Waals surface area contributed by atoms with Crippen molar-refractivity contribution in [1.29, 1.82) is 0 Å². The maximum atomic E-state index is 13.9. The van der Waals surface area contributed by atoms with E-state index in [0.29, 0.717) is 12.2 Å². The number of hydrogen-bond donors (Lipinski definition) is 1. The summed E-state index contributed by atoms with van der Waals surface area (Å²) in [5, 5.41) is 3.28. The molecule has 0 saturated heterocycles. The van der Waals surface area contributed by atoms with Crippen LogP contribution in [0, 0.1) is 5.82 Å². The van der Waals surface area contributed by atoms with Crippen molar-refractivity contribution < 1.29 is 8.81 Å². The van der Waals surface area contributed by atoms with Crippen LogP contribution in [0.25, 0.3) is 0 Å². The van der Waals surface area contributed by atoms with Crippen LogP contribution in [0.15, 0.2) is 41.0 Å². The Morgan fingerprint density at radius 1 is 1.20 bits per heavy atom. The van der Waals surface area contributed by atoms with Gasteiger partial charge in [-0.25, -0.2) is 4.39 Å². The summed E-state index contributed by atoms with van der Waals surface area (Å²) in [5.41, 5.74) is 1.74. The molecule has 1 aromatic heterocycles. The molecule has 0 saturated carbocycles. The third kappa shape index (κ3) is 3.39. The minimum absolute atomic E-state index is 0.200. The zero-order valence-corrected chi connectivity index (χ0v) is 12.0. The fraction of sp³-hybridized carbons (Fsp3) is 0.375. The molecule has 1 N–H and O–H groups in total. The monoisotopic (exact) mass is 276 g/mol. The Hall–Kier alpha value is -1.81. The first-order valence-electron chi connectivity index (χ1n) is 7.01. The second-order valence-corrected chi connectivity index (χ2v) is 4.61. The van der Waals surface area contributed by atoms with Gasteiger partial charge in [-0.2, -0.15) is 0 Å². The van der Waals surface area contributed by atoms with Gasteiger partial charge in [0.15, 0.2) is 0 Å². The van der Waals surface area contributed by atoms with Crippen LogP contribution >= 0.6 is 0 Å². The molecular weight excluding hydrogens is 255 g/mol. The summed E-state index contributed by atoms with van der Waals surface area (Å²) >= 11 is 0. The van der Waals surface area contributed by atoms with E-state index >= 15 is 0 Å². The highest BCUT2D eigenvalue weighted by Gasteiger charge is 2.14. The van der Waals surface area contributed by atoms with Crippen LogP contribution in [0.2, 0.25) is 0 Å². The quantitative estimate of drug-likeness (QED) is 0.838. The molecule has 0 unspecified atom stereocenters. The number of nitrogens with one attached hydrogen (secondary N) is 1. The van der Waals surface area contributed by atoms with Crippen LogP contribution in [0.4, 0.5) is 10.1 Å². The summed E-state index contributed by atoms with van der Waals surface area (Å²) in [6.07, 6.45) is 1.69. The van der Waals surface area contributed by atoms with Gasteiger partial charge < -0.3 is 14.6 Å². The van der Waals surface area contributed by atoms with Crippen molar-refractivity contribution in [3.05, 3.63) is 53.7 Å². The highest BCUT2D eigenvalue weighted by molar-refractivity contribution is 5.47. The molecule has 2 aromatic rings. The highest BCUT2D eigenvalue weighted by atomic mass is 19.1. The topological polar surface area (TPSA) is 28.4 Å². The maximum Gasteiger partial charge on any atom is 0.146 e. The molecule has 1 heterocycles. The van der Waals surface area contributed by atoms with Crippen molar-refractivity contribution >= 4 is 5.69 Å². The SMILES string of the molecule is CCNCc1ccoc1CN(CC)c1ccccc1F. The van der Waals surface area contributed by atoms with Crippen LogP contribution < -0.4 is 10.2 Å². The number of halogens is 1. The number of benzene rings is 1. The standard InChI is InChI=1S/C16H21FN2O/c1-3-18-11-13-9-10-20-16(13)12-19(4-2)15-8-6-5-7-14(15)17/h5-10,18H,3-4,11-12H2,1-2H3. The fourth-order valence-electron chi connectivity index (χ4n) is 2.17.